The number of likely N-dealkylation sites (N-methyl/N-ethyl adjacent to an activating group) is 1. The van der Waals surface area contributed by atoms with Crippen LogP contribution in [-0.4, -0.2) is 24.0 Å². The summed E-state index contributed by atoms with van der Waals surface area (Å²) < 4.78 is 6.37. The Morgan fingerprint density at radius 2 is 2.08 bits per heavy atom. The number of carbonyl (C=O) groups excluding carboxylic acids is 1. The van der Waals surface area contributed by atoms with Gasteiger partial charge in [-0.25, -0.2) is 9.78 Å². The molecule has 5 rings (SSSR count). The summed E-state index contributed by atoms with van der Waals surface area (Å²) in [5.74, 6) is -0.651. The Balaban J connectivity index is 1.26. The van der Waals surface area contributed by atoms with E-state index in [9.17, 15) is 10.1 Å². The van der Waals surface area contributed by atoms with Crippen LogP contribution in [0.1, 0.15) is 42.0 Å². The second-order valence-electron chi connectivity index (χ2n) is 8.54. The molecule has 0 fully saturated rings. The van der Waals surface area contributed by atoms with Crippen LogP contribution in [0.15, 0.2) is 52.2 Å². The van der Waals surface area contributed by atoms with Gasteiger partial charge in [0.15, 0.2) is 5.06 Å². The van der Waals surface area contributed by atoms with Crippen LogP contribution in [0.25, 0.3) is 15.6 Å². The van der Waals surface area contributed by atoms with E-state index >= 15 is 0 Å². The van der Waals surface area contributed by atoms with Crippen LogP contribution in [0.5, 0.6) is 5.06 Å². The van der Waals surface area contributed by atoms with Gasteiger partial charge in [0.05, 0.1) is 10.4 Å². The molecule has 188 valence electrons. The van der Waals surface area contributed by atoms with Crippen LogP contribution in [0.2, 0.25) is 0 Å². The van der Waals surface area contributed by atoms with Gasteiger partial charge in [-0.05, 0) is 74.2 Å². The molecule has 0 aliphatic carbocycles. The van der Waals surface area contributed by atoms with Gasteiger partial charge in [0.25, 0.3) is 0 Å². The highest BCUT2D eigenvalue weighted by Crippen LogP contribution is 2.37. The zero-order valence-electron chi connectivity index (χ0n) is 20.6. The Morgan fingerprint density at radius 3 is 2.86 bits per heavy atom. The van der Waals surface area contributed by atoms with E-state index in [1.54, 1.807) is 12.1 Å². The molecule has 0 radical (unpaired) electrons. The van der Waals surface area contributed by atoms with E-state index in [0.717, 1.165) is 58.9 Å². The minimum Gasteiger partial charge on any atom is -0.411 e. The van der Waals surface area contributed by atoms with Gasteiger partial charge in [0, 0.05) is 28.5 Å². The number of anilines is 1. The van der Waals surface area contributed by atoms with Crippen molar-refractivity contribution in [3.63, 3.8) is 0 Å². The molecule has 0 spiro atoms. The van der Waals surface area contributed by atoms with E-state index in [0.29, 0.717) is 10.2 Å². The number of aryl methyl sites for hydroxylation is 1. The van der Waals surface area contributed by atoms with Crippen molar-refractivity contribution in [3.05, 3.63) is 57.3 Å². The number of carbonyl (C=O) groups is 1. The third-order valence-electron chi connectivity index (χ3n) is 6.02. The summed E-state index contributed by atoms with van der Waals surface area (Å²) in [5.41, 5.74) is 3.36. The maximum atomic E-state index is 12.6. The largest absolute Gasteiger partial charge is 0.411 e. The number of thiophene rings is 2. The first-order valence-corrected chi connectivity index (χ1v) is 14.6. The van der Waals surface area contributed by atoms with Crippen molar-refractivity contribution in [1.29, 1.82) is 5.26 Å². The van der Waals surface area contributed by atoms with Crippen LogP contribution < -0.4 is 9.64 Å². The molecular formula is C27H25N5O2S3. The molecular weight excluding hydrogens is 523 g/mol. The second-order valence-corrected chi connectivity index (χ2v) is 11.7. The van der Waals surface area contributed by atoms with Gasteiger partial charge in [-0.1, -0.05) is 24.7 Å². The second kappa shape index (κ2) is 11.3. The topological polar surface area (TPSA) is 90.9 Å². The van der Waals surface area contributed by atoms with Crippen LogP contribution in [0.4, 0.5) is 16.5 Å². The fourth-order valence-electron chi connectivity index (χ4n) is 4.13. The van der Waals surface area contributed by atoms with Crippen molar-refractivity contribution in [3.8, 4) is 11.1 Å². The van der Waals surface area contributed by atoms with Gasteiger partial charge < -0.3 is 9.64 Å². The highest BCUT2D eigenvalue weighted by molar-refractivity contribution is 7.29. The summed E-state index contributed by atoms with van der Waals surface area (Å²) in [6, 6.07) is 13.8. The molecule has 10 heteroatoms. The van der Waals surface area contributed by atoms with E-state index < -0.39 is 5.97 Å². The van der Waals surface area contributed by atoms with Gasteiger partial charge >= 0.3 is 5.97 Å². The lowest BCUT2D eigenvalue weighted by Gasteiger charge is -2.16. The molecule has 1 aliphatic rings. The monoisotopic (exact) mass is 547 g/mol. The van der Waals surface area contributed by atoms with Gasteiger partial charge in [0.1, 0.15) is 16.5 Å². The van der Waals surface area contributed by atoms with Crippen LogP contribution in [-0.2, 0) is 17.6 Å². The average molecular weight is 548 g/mol. The third-order valence-corrected chi connectivity index (χ3v) is 9.03. The maximum Gasteiger partial charge on any atom is 0.355 e. The number of rotatable bonds is 9. The number of azo groups is 1. The van der Waals surface area contributed by atoms with Crippen LogP contribution >= 0.6 is 34.0 Å². The Kier molecular flexibility index (Phi) is 7.74. The Morgan fingerprint density at radius 1 is 1.19 bits per heavy atom. The van der Waals surface area contributed by atoms with Gasteiger partial charge in [-0.2, -0.15) is 5.26 Å². The fraction of sp³-hybridized carbons (Fsp3) is 0.296. The first-order chi connectivity index (χ1) is 18.1. The van der Waals surface area contributed by atoms with E-state index in [-0.39, 0.29) is 5.57 Å². The quantitative estimate of drug-likeness (QED) is 0.0914. The number of fused-ring (bicyclic) bond motifs is 2. The van der Waals surface area contributed by atoms with E-state index in [1.165, 1.54) is 50.1 Å². The Hall–Kier alpha value is -3.39. The molecule has 0 bridgehead atoms. The number of ether oxygens (including phenoxy) is 1. The summed E-state index contributed by atoms with van der Waals surface area (Å²) in [4.78, 5) is 22.2. The molecule has 3 aromatic heterocycles. The molecule has 1 aliphatic heterocycles. The predicted octanol–water partition coefficient (Wildman–Crippen LogP) is 8.07. The lowest BCUT2D eigenvalue weighted by Crippen LogP contribution is -2.18. The molecule has 7 nitrogen and oxygen atoms in total. The number of nitrogens with zero attached hydrogens (tertiary/aromatic N) is 5. The molecule has 37 heavy (non-hydrogen) atoms. The molecule has 0 N–H and O–H groups in total. The number of unbranched alkanes of at least 4 members (excludes halogenated alkanes) is 1. The van der Waals surface area contributed by atoms with Crippen molar-refractivity contribution in [2.45, 2.75) is 39.5 Å². The van der Waals surface area contributed by atoms with Crippen molar-refractivity contribution in [2.75, 3.05) is 18.0 Å². The van der Waals surface area contributed by atoms with Crippen LogP contribution in [0, 0.1) is 11.3 Å². The summed E-state index contributed by atoms with van der Waals surface area (Å²) in [6.07, 6.45) is 5.75. The first-order valence-electron chi connectivity index (χ1n) is 12.2. The van der Waals surface area contributed by atoms with Crippen molar-refractivity contribution in [2.24, 2.45) is 10.2 Å². The number of esters is 1. The van der Waals surface area contributed by atoms with E-state index in [1.807, 2.05) is 24.3 Å². The smallest absolute Gasteiger partial charge is 0.355 e. The molecule has 0 unspecified atom stereocenters. The molecule has 0 saturated carbocycles. The number of benzene rings is 1. The number of thiazole rings is 1. The fourth-order valence-corrected chi connectivity index (χ4v) is 7.01. The molecule has 0 saturated heterocycles. The minimum absolute atomic E-state index is 0.0458. The SMILES string of the molecule is CCCCc1ccc(OC(=O)/C(C#N)=C/c2cc3sc(/N=N/c4ccc5c(c4)CCN5CC)nc3s2)s1. The number of hydrogen-bond acceptors (Lipinski definition) is 10. The Labute approximate surface area is 227 Å². The van der Waals surface area contributed by atoms with Gasteiger partial charge in [0.2, 0.25) is 5.13 Å². The van der Waals surface area contributed by atoms with E-state index in [4.69, 9.17) is 4.74 Å². The van der Waals surface area contributed by atoms with Crippen molar-refractivity contribution < 1.29 is 9.53 Å². The molecule has 0 amide bonds. The van der Waals surface area contributed by atoms with Gasteiger partial charge in [-0.15, -0.1) is 32.9 Å². The lowest BCUT2D eigenvalue weighted by atomic mass is 10.1. The zero-order chi connectivity index (χ0) is 25.8. The summed E-state index contributed by atoms with van der Waals surface area (Å²) >= 11 is 4.27. The minimum atomic E-state index is -0.651. The first kappa shape index (κ1) is 25.3. The van der Waals surface area contributed by atoms with Crippen LogP contribution in [0.3, 0.4) is 0 Å². The highest BCUT2D eigenvalue weighted by atomic mass is 32.1. The molecule has 1 aromatic carbocycles. The third kappa shape index (κ3) is 5.80. The summed E-state index contributed by atoms with van der Waals surface area (Å²) in [7, 11) is 0. The normalized spacial score (nSPS) is 13.4. The molecule has 4 heterocycles. The molecule has 0 atom stereocenters. The zero-order valence-corrected chi connectivity index (χ0v) is 23.0. The van der Waals surface area contributed by atoms with Crippen molar-refractivity contribution >= 4 is 72.1 Å². The molecule has 4 aromatic rings. The predicted molar refractivity (Wildman–Crippen MR) is 152 cm³/mol. The van der Waals surface area contributed by atoms with Crippen molar-refractivity contribution in [1.82, 2.24) is 4.98 Å². The number of hydrogen-bond donors (Lipinski definition) is 0. The van der Waals surface area contributed by atoms with E-state index in [2.05, 4.69) is 46.1 Å². The Bertz CT molecular complexity index is 1510. The average Bonchev–Trinajstić information content (AvgIpc) is 3.67. The number of aromatic nitrogens is 1. The summed E-state index contributed by atoms with van der Waals surface area (Å²) in [6.45, 7) is 6.36. The number of nitriles is 1. The van der Waals surface area contributed by atoms with Gasteiger partial charge in [-0.3, -0.25) is 0 Å². The summed E-state index contributed by atoms with van der Waals surface area (Å²) in [5, 5.41) is 19.3. The standard InChI is InChI=1S/C27H25N5O2S3/c1-3-5-6-20-8-10-24(35-20)34-26(33)18(16-28)14-21-15-23-25(36-21)29-27(37-23)31-30-19-7-9-22-17(13-19)11-12-32(22)4-2/h7-10,13-15H,3-6,11-12H2,1-2H3/b18-14+,31-30+. The maximum absolute atomic E-state index is 12.6. The highest BCUT2D eigenvalue weighted by Gasteiger charge is 2.18. The lowest BCUT2D eigenvalue weighted by molar-refractivity contribution is -0.129.